The van der Waals surface area contributed by atoms with Gasteiger partial charge < -0.3 is 24.8 Å². The fraction of sp³-hybridized carbons (Fsp3) is 0.696. The predicted octanol–water partition coefficient (Wildman–Crippen LogP) is 4.12. The van der Waals surface area contributed by atoms with Gasteiger partial charge in [-0.3, -0.25) is 4.99 Å². The molecule has 0 unspecified atom stereocenters. The lowest BCUT2D eigenvalue weighted by molar-refractivity contribution is 0.0203. The van der Waals surface area contributed by atoms with Crippen molar-refractivity contribution in [1.82, 2.24) is 10.6 Å². The molecular weight excluding hydrogens is 493 g/mol. The zero-order valence-electron chi connectivity index (χ0n) is 18.2. The van der Waals surface area contributed by atoms with Gasteiger partial charge in [0.2, 0.25) is 0 Å². The van der Waals surface area contributed by atoms with Crippen LogP contribution in [0.15, 0.2) is 29.3 Å². The van der Waals surface area contributed by atoms with Crippen LogP contribution in [0.2, 0.25) is 0 Å². The van der Waals surface area contributed by atoms with Gasteiger partial charge in [-0.25, -0.2) is 0 Å². The maximum atomic E-state index is 6.22. The molecule has 2 fully saturated rings. The number of rotatable bonds is 10. The molecule has 7 heteroatoms. The lowest BCUT2D eigenvalue weighted by atomic mass is 10.0. The van der Waals surface area contributed by atoms with Crippen LogP contribution in [-0.2, 0) is 16.0 Å². The van der Waals surface area contributed by atoms with E-state index < -0.39 is 0 Å². The molecule has 6 nitrogen and oxygen atoms in total. The number of nitrogens with one attached hydrogen (secondary N) is 2. The molecule has 1 aromatic carbocycles. The van der Waals surface area contributed by atoms with Crippen molar-refractivity contribution in [2.24, 2.45) is 10.9 Å². The maximum absolute atomic E-state index is 6.22. The monoisotopic (exact) mass is 531 g/mol. The molecule has 2 aliphatic rings. The summed E-state index contributed by atoms with van der Waals surface area (Å²) in [5, 5.41) is 6.77. The first kappa shape index (κ1) is 25.2. The summed E-state index contributed by atoms with van der Waals surface area (Å²) < 4.78 is 17.4. The van der Waals surface area contributed by atoms with E-state index in [1.807, 2.05) is 6.07 Å². The minimum Gasteiger partial charge on any atom is -0.490 e. The Bertz CT molecular complexity index is 617. The van der Waals surface area contributed by atoms with Gasteiger partial charge in [0, 0.05) is 52.1 Å². The summed E-state index contributed by atoms with van der Waals surface area (Å²) in [6.07, 6.45) is 8.48. The highest BCUT2D eigenvalue weighted by molar-refractivity contribution is 14.0. The van der Waals surface area contributed by atoms with Gasteiger partial charge in [0.05, 0.1) is 6.10 Å². The van der Waals surface area contributed by atoms with E-state index in [0.717, 1.165) is 63.9 Å². The van der Waals surface area contributed by atoms with Crippen molar-refractivity contribution >= 4 is 29.9 Å². The van der Waals surface area contributed by atoms with E-state index in [-0.39, 0.29) is 24.0 Å². The molecule has 1 aromatic rings. The number of ether oxygens (including phenoxy) is 3. The molecule has 2 N–H and O–H groups in total. The van der Waals surface area contributed by atoms with Gasteiger partial charge in [0.25, 0.3) is 0 Å². The second-order valence-electron chi connectivity index (χ2n) is 7.97. The molecule has 0 bridgehead atoms. The van der Waals surface area contributed by atoms with E-state index in [9.17, 15) is 0 Å². The molecule has 1 heterocycles. The van der Waals surface area contributed by atoms with Gasteiger partial charge in [-0.2, -0.15) is 0 Å². The summed E-state index contributed by atoms with van der Waals surface area (Å²) >= 11 is 0. The number of guanidine groups is 1. The second kappa shape index (κ2) is 14.9. The Labute approximate surface area is 198 Å². The van der Waals surface area contributed by atoms with Crippen LogP contribution in [0.25, 0.3) is 0 Å². The van der Waals surface area contributed by atoms with Gasteiger partial charge in [-0.05, 0) is 56.9 Å². The van der Waals surface area contributed by atoms with Crippen LogP contribution in [0.4, 0.5) is 0 Å². The van der Waals surface area contributed by atoms with Crippen LogP contribution in [0, 0.1) is 5.92 Å². The van der Waals surface area contributed by atoms with E-state index in [4.69, 9.17) is 14.2 Å². The average molecular weight is 531 g/mol. The summed E-state index contributed by atoms with van der Waals surface area (Å²) in [6, 6.07) is 8.29. The van der Waals surface area contributed by atoms with E-state index in [0.29, 0.717) is 18.6 Å². The fourth-order valence-electron chi connectivity index (χ4n) is 3.89. The number of hydrogen-bond acceptors (Lipinski definition) is 4. The third-order valence-electron chi connectivity index (χ3n) is 5.69. The predicted molar refractivity (Wildman–Crippen MR) is 132 cm³/mol. The van der Waals surface area contributed by atoms with Crippen LogP contribution < -0.4 is 15.4 Å². The Balaban J connectivity index is 0.00000320. The Morgan fingerprint density at radius 2 is 1.87 bits per heavy atom. The lowest BCUT2D eigenvalue weighted by Crippen LogP contribution is -2.37. The number of para-hydroxylation sites is 1. The van der Waals surface area contributed by atoms with Gasteiger partial charge in [0.1, 0.15) is 5.75 Å². The first-order valence-electron chi connectivity index (χ1n) is 11.2. The molecular formula is C23H38IN3O3. The largest absolute Gasteiger partial charge is 0.490 e. The third kappa shape index (κ3) is 8.98. The molecule has 1 saturated heterocycles. The Morgan fingerprint density at radius 1 is 1.10 bits per heavy atom. The molecule has 0 radical (unpaired) electrons. The zero-order chi connectivity index (χ0) is 20.2. The van der Waals surface area contributed by atoms with Crippen LogP contribution in [-0.4, -0.2) is 52.1 Å². The van der Waals surface area contributed by atoms with Gasteiger partial charge >= 0.3 is 0 Å². The summed E-state index contributed by atoms with van der Waals surface area (Å²) in [6.45, 7) is 4.93. The highest BCUT2D eigenvalue weighted by Gasteiger charge is 2.18. The molecule has 1 aliphatic heterocycles. The van der Waals surface area contributed by atoms with Gasteiger partial charge in [-0.1, -0.05) is 18.2 Å². The Morgan fingerprint density at radius 3 is 2.63 bits per heavy atom. The summed E-state index contributed by atoms with van der Waals surface area (Å²) in [5.41, 5.74) is 1.17. The standard InChI is InChI=1S/C23H37N3O3.HI/c1-24-23(25-13-6-14-28-18-19-11-15-27-16-12-19)26-17-20-7-2-5-10-22(20)29-21-8-3-4-9-21;/h2,5,7,10,19,21H,3-4,6,8-9,11-18H2,1H3,(H2,24,25,26);1H. The van der Waals surface area contributed by atoms with Crippen LogP contribution in [0.3, 0.4) is 0 Å². The molecule has 1 saturated carbocycles. The summed E-state index contributed by atoms with van der Waals surface area (Å²) in [5.74, 6) is 2.46. The van der Waals surface area contributed by atoms with Gasteiger partial charge in [0.15, 0.2) is 5.96 Å². The first-order valence-corrected chi connectivity index (χ1v) is 11.2. The highest BCUT2D eigenvalue weighted by Crippen LogP contribution is 2.26. The highest BCUT2D eigenvalue weighted by atomic mass is 127. The van der Waals surface area contributed by atoms with E-state index in [2.05, 4.69) is 33.8 Å². The van der Waals surface area contributed by atoms with Gasteiger partial charge in [-0.15, -0.1) is 24.0 Å². The van der Waals surface area contributed by atoms with E-state index in [1.54, 1.807) is 7.05 Å². The molecule has 0 atom stereocenters. The smallest absolute Gasteiger partial charge is 0.191 e. The molecule has 3 rings (SSSR count). The second-order valence-corrected chi connectivity index (χ2v) is 7.97. The molecule has 0 spiro atoms. The molecule has 170 valence electrons. The number of benzene rings is 1. The molecule has 1 aliphatic carbocycles. The van der Waals surface area contributed by atoms with Crippen molar-refractivity contribution in [2.75, 3.05) is 40.0 Å². The zero-order valence-corrected chi connectivity index (χ0v) is 20.6. The van der Waals surface area contributed by atoms with Crippen molar-refractivity contribution in [3.05, 3.63) is 29.8 Å². The fourth-order valence-corrected chi connectivity index (χ4v) is 3.89. The number of hydrogen-bond donors (Lipinski definition) is 2. The topological polar surface area (TPSA) is 64.1 Å². The van der Waals surface area contributed by atoms with Crippen molar-refractivity contribution in [2.45, 2.75) is 57.6 Å². The number of halogens is 1. The van der Waals surface area contributed by atoms with E-state index in [1.165, 1.54) is 31.2 Å². The summed E-state index contributed by atoms with van der Waals surface area (Å²) in [4.78, 5) is 4.33. The minimum absolute atomic E-state index is 0. The van der Waals surface area contributed by atoms with E-state index >= 15 is 0 Å². The quantitative estimate of drug-likeness (QED) is 0.206. The van der Waals surface area contributed by atoms with Crippen LogP contribution >= 0.6 is 24.0 Å². The van der Waals surface area contributed by atoms with Crippen LogP contribution in [0.1, 0.15) is 50.5 Å². The van der Waals surface area contributed by atoms with Crippen molar-refractivity contribution in [3.8, 4) is 5.75 Å². The number of aliphatic imine (C=N–C) groups is 1. The number of nitrogens with zero attached hydrogens (tertiary/aromatic N) is 1. The summed E-state index contributed by atoms with van der Waals surface area (Å²) in [7, 11) is 1.80. The van der Waals surface area contributed by atoms with Crippen molar-refractivity contribution < 1.29 is 14.2 Å². The first-order chi connectivity index (χ1) is 14.3. The molecule has 0 aromatic heterocycles. The Hall–Kier alpha value is -1.06. The third-order valence-corrected chi connectivity index (χ3v) is 5.69. The van der Waals surface area contributed by atoms with Crippen molar-refractivity contribution in [3.63, 3.8) is 0 Å². The average Bonchev–Trinajstić information content (AvgIpc) is 3.27. The lowest BCUT2D eigenvalue weighted by Gasteiger charge is -2.21. The maximum Gasteiger partial charge on any atom is 0.191 e. The van der Waals surface area contributed by atoms with Crippen LogP contribution in [0.5, 0.6) is 5.75 Å². The SMILES string of the molecule is CN=C(NCCCOCC1CCOCC1)NCc1ccccc1OC1CCCC1.I. The normalized spacial score (nSPS) is 18.1. The Kier molecular flexibility index (Phi) is 12.5. The van der Waals surface area contributed by atoms with Crippen molar-refractivity contribution in [1.29, 1.82) is 0 Å². The molecule has 0 amide bonds. The molecule has 30 heavy (non-hydrogen) atoms. The minimum atomic E-state index is 0.